The van der Waals surface area contributed by atoms with Crippen LogP contribution in [0.1, 0.15) is 49.7 Å². The van der Waals surface area contributed by atoms with Crippen LogP contribution in [-0.4, -0.2) is 62.7 Å². The van der Waals surface area contributed by atoms with E-state index in [1.165, 1.54) is 31.2 Å². The summed E-state index contributed by atoms with van der Waals surface area (Å²) < 4.78 is 57.6. The van der Waals surface area contributed by atoms with Crippen molar-refractivity contribution in [3.63, 3.8) is 0 Å². The van der Waals surface area contributed by atoms with Gasteiger partial charge < -0.3 is 30.0 Å². The molecule has 1 aliphatic rings. The summed E-state index contributed by atoms with van der Waals surface area (Å²) >= 11 is 6.11. The maximum atomic E-state index is 14.0. The Morgan fingerprint density at radius 1 is 1.09 bits per heavy atom. The predicted octanol–water partition coefficient (Wildman–Crippen LogP) is 5.29. The molecule has 0 radical (unpaired) electrons. The third kappa shape index (κ3) is 9.97. The molecule has 0 aromatic heterocycles. The number of aliphatic hydroxyl groups excluding tert-OH is 1. The Kier molecular flexibility index (Phi) is 13.3. The summed E-state index contributed by atoms with van der Waals surface area (Å²) in [5.41, 5.74) is -1.72. The molecule has 1 heterocycles. The lowest BCUT2D eigenvalue weighted by Crippen LogP contribution is -2.38. The number of nitrogens with one attached hydrogen (secondary N) is 2. The van der Waals surface area contributed by atoms with Crippen LogP contribution in [0.3, 0.4) is 0 Å². The summed E-state index contributed by atoms with van der Waals surface area (Å²) in [6.07, 6.45) is -2.88. The number of nitriles is 1. The number of dihydropyridines is 1. The zero-order chi connectivity index (χ0) is 33.0. The normalized spacial score (nSPS) is 15.6. The van der Waals surface area contributed by atoms with Crippen molar-refractivity contribution in [3.05, 3.63) is 87.2 Å². The van der Waals surface area contributed by atoms with E-state index in [9.17, 15) is 27.9 Å². The van der Waals surface area contributed by atoms with E-state index in [0.29, 0.717) is 37.2 Å². The lowest BCUT2D eigenvalue weighted by atomic mass is 9.80. The molecule has 13 heteroatoms. The van der Waals surface area contributed by atoms with E-state index in [4.69, 9.17) is 26.3 Å². The van der Waals surface area contributed by atoms with Crippen LogP contribution in [0.4, 0.5) is 13.2 Å². The van der Waals surface area contributed by atoms with Crippen LogP contribution in [0.25, 0.3) is 0 Å². The highest BCUT2D eigenvalue weighted by molar-refractivity contribution is 6.30. The molecule has 1 aliphatic heterocycles. The number of rotatable bonds is 15. The molecule has 2 unspecified atom stereocenters. The molecular weight excluding hydrogens is 615 g/mol. The SMILES string of the molecule is COC(=O)C1=C(C(F)(F)F)NC(C)=C(C(=O)OCCCCCCNCC(O)COc2ccccc2C#N)C1c1cccc(Cl)c1. The molecule has 3 rings (SSSR count). The van der Waals surface area contributed by atoms with Crippen LogP contribution >= 0.6 is 11.6 Å². The van der Waals surface area contributed by atoms with Gasteiger partial charge in [0.2, 0.25) is 0 Å². The Hall–Kier alpha value is -4.05. The fourth-order valence-corrected chi connectivity index (χ4v) is 5.02. The molecule has 0 amide bonds. The Bertz CT molecular complexity index is 1450. The zero-order valence-corrected chi connectivity index (χ0v) is 25.6. The molecule has 2 aromatic rings. The van der Waals surface area contributed by atoms with Gasteiger partial charge in [-0.25, -0.2) is 9.59 Å². The quantitative estimate of drug-likeness (QED) is 0.174. The number of carbonyl (C=O) groups is 2. The summed E-state index contributed by atoms with van der Waals surface area (Å²) in [7, 11) is 0.964. The van der Waals surface area contributed by atoms with Crippen molar-refractivity contribution < 1.29 is 42.1 Å². The van der Waals surface area contributed by atoms with Gasteiger partial charge in [-0.1, -0.05) is 48.7 Å². The van der Waals surface area contributed by atoms with E-state index in [1.807, 2.05) is 6.07 Å². The number of esters is 2. The van der Waals surface area contributed by atoms with Crippen molar-refractivity contribution >= 4 is 23.5 Å². The highest BCUT2D eigenvalue weighted by Gasteiger charge is 2.47. The summed E-state index contributed by atoms with van der Waals surface area (Å²) in [5.74, 6) is -3.11. The molecule has 0 spiro atoms. The minimum absolute atomic E-state index is 0.0227. The molecule has 2 aromatic carbocycles. The summed E-state index contributed by atoms with van der Waals surface area (Å²) in [6.45, 7) is 2.31. The standard InChI is InChI=1S/C32H35ClF3N3O6/c1-20-26(27(21-11-9-12-23(33)16-21)28(30(41)43-2)29(39-20)32(34,35)36)31(42)44-15-8-4-3-7-14-38-18-24(40)19-45-25-13-6-5-10-22(25)17-37/h5-6,9-13,16,24,27,38-40H,3-4,7-8,14-15,18-19H2,1-2H3. The second kappa shape index (κ2) is 16.9. The Morgan fingerprint density at radius 3 is 2.51 bits per heavy atom. The van der Waals surface area contributed by atoms with Crippen molar-refractivity contribution in [2.45, 2.75) is 50.8 Å². The third-order valence-corrected chi connectivity index (χ3v) is 7.19. The molecule has 0 aliphatic carbocycles. The van der Waals surface area contributed by atoms with Crippen LogP contribution in [0.15, 0.2) is 71.1 Å². The number of ether oxygens (including phenoxy) is 3. The number of aliphatic hydroxyl groups is 1. The fourth-order valence-electron chi connectivity index (χ4n) is 4.82. The van der Waals surface area contributed by atoms with Crippen LogP contribution in [0, 0.1) is 11.3 Å². The average molecular weight is 650 g/mol. The summed E-state index contributed by atoms with van der Waals surface area (Å²) in [4.78, 5) is 25.9. The second-order valence-electron chi connectivity index (χ2n) is 10.3. The van der Waals surface area contributed by atoms with Gasteiger partial charge in [-0.05, 0) is 56.1 Å². The highest BCUT2D eigenvalue weighted by Crippen LogP contribution is 2.43. The van der Waals surface area contributed by atoms with Gasteiger partial charge in [-0.15, -0.1) is 0 Å². The monoisotopic (exact) mass is 649 g/mol. The number of para-hydroxylation sites is 1. The number of hydrogen-bond acceptors (Lipinski definition) is 9. The van der Waals surface area contributed by atoms with Crippen LogP contribution < -0.4 is 15.4 Å². The van der Waals surface area contributed by atoms with Crippen molar-refractivity contribution in [3.8, 4) is 11.8 Å². The largest absolute Gasteiger partial charge is 0.489 e. The summed E-state index contributed by atoms with van der Waals surface area (Å²) in [5, 5.41) is 24.8. The van der Waals surface area contributed by atoms with Crippen molar-refractivity contribution in [2.24, 2.45) is 0 Å². The lowest BCUT2D eigenvalue weighted by Gasteiger charge is -2.32. The maximum Gasteiger partial charge on any atom is 0.431 e. The molecule has 2 atom stereocenters. The number of methoxy groups -OCH3 is 1. The molecule has 45 heavy (non-hydrogen) atoms. The topological polar surface area (TPSA) is 130 Å². The molecular formula is C32H35ClF3N3O6. The van der Waals surface area contributed by atoms with E-state index in [2.05, 4.69) is 15.4 Å². The number of carbonyl (C=O) groups excluding carboxylic acids is 2. The van der Waals surface area contributed by atoms with Gasteiger partial charge in [0.15, 0.2) is 0 Å². The Morgan fingerprint density at radius 2 is 1.82 bits per heavy atom. The molecule has 242 valence electrons. The Labute approximate surface area is 264 Å². The fraction of sp³-hybridized carbons (Fsp3) is 0.406. The van der Waals surface area contributed by atoms with Gasteiger partial charge >= 0.3 is 18.1 Å². The van der Waals surface area contributed by atoms with E-state index in [-0.39, 0.29) is 35.1 Å². The van der Waals surface area contributed by atoms with Crippen LogP contribution in [0.2, 0.25) is 5.02 Å². The maximum absolute atomic E-state index is 14.0. The third-order valence-electron chi connectivity index (χ3n) is 6.95. The number of hydrogen-bond donors (Lipinski definition) is 3. The molecule has 9 nitrogen and oxygen atoms in total. The number of allylic oxidation sites excluding steroid dienone is 2. The van der Waals surface area contributed by atoms with E-state index >= 15 is 0 Å². The van der Waals surface area contributed by atoms with Crippen molar-refractivity contribution in [1.82, 2.24) is 10.6 Å². The van der Waals surface area contributed by atoms with Crippen LogP contribution in [-0.2, 0) is 19.1 Å². The number of alkyl halides is 3. The molecule has 0 fully saturated rings. The number of benzene rings is 2. The minimum Gasteiger partial charge on any atom is -0.489 e. The minimum atomic E-state index is -4.93. The number of unbranched alkanes of at least 4 members (excludes halogenated alkanes) is 3. The first-order valence-corrected chi connectivity index (χ1v) is 14.7. The van der Waals surface area contributed by atoms with Crippen molar-refractivity contribution in [1.29, 1.82) is 5.26 Å². The highest BCUT2D eigenvalue weighted by atomic mass is 35.5. The number of halogens is 4. The van der Waals surface area contributed by atoms with E-state index < -0.39 is 41.4 Å². The first-order chi connectivity index (χ1) is 21.5. The summed E-state index contributed by atoms with van der Waals surface area (Å²) in [6, 6.07) is 14.7. The zero-order valence-electron chi connectivity index (χ0n) is 24.9. The lowest BCUT2D eigenvalue weighted by molar-refractivity contribution is -0.140. The van der Waals surface area contributed by atoms with Gasteiger partial charge in [0, 0.05) is 17.3 Å². The molecule has 0 saturated carbocycles. The second-order valence-corrected chi connectivity index (χ2v) is 10.7. The van der Waals surface area contributed by atoms with Gasteiger partial charge in [-0.2, -0.15) is 18.4 Å². The first kappa shape index (κ1) is 35.4. The van der Waals surface area contributed by atoms with Gasteiger partial charge in [0.25, 0.3) is 0 Å². The molecule has 0 bridgehead atoms. The average Bonchev–Trinajstić information content (AvgIpc) is 3.01. The van der Waals surface area contributed by atoms with Gasteiger partial charge in [0.05, 0.1) is 36.3 Å². The van der Waals surface area contributed by atoms with E-state index in [0.717, 1.165) is 20.0 Å². The number of nitrogens with zero attached hydrogens (tertiary/aromatic N) is 1. The first-order valence-electron chi connectivity index (χ1n) is 14.3. The predicted molar refractivity (Wildman–Crippen MR) is 160 cm³/mol. The van der Waals surface area contributed by atoms with Crippen LogP contribution in [0.5, 0.6) is 5.75 Å². The molecule has 0 saturated heterocycles. The smallest absolute Gasteiger partial charge is 0.431 e. The van der Waals surface area contributed by atoms with Gasteiger partial charge in [0.1, 0.15) is 30.2 Å². The Balaban J connectivity index is 1.49. The van der Waals surface area contributed by atoms with Crippen molar-refractivity contribution in [2.75, 3.05) is 33.4 Å². The molecule has 3 N–H and O–H groups in total. The van der Waals surface area contributed by atoms with Gasteiger partial charge in [-0.3, -0.25) is 0 Å². The van der Waals surface area contributed by atoms with E-state index in [1.54, 1.807) is 24.3 Å².